The van der Waals surface area contributed by atoms with Crippen LogP contribution in [0.25, 0.3) is 11.3 Å². The van der Waals surface area contributed by atoms with Crippen LogP contribution >= 0.6 is 11.6 Å². The number of nitrogens with zero attached hydrogens (tertiary/aromatic N) is 2. The van der Waals surface area contributed by atoms with Gasteiger partial charge in [-0.3, -0.25) is 14.9 Å². The molecule has 0 saturated heterocycles. The van der Waals surface area contributed by atoms with E-state index in [0.717, 1.165) is 5.56 Å². The van der Waals surface area contributed by atoms with E-state index in [4.69, 9.17) is 11.6 Å². The van der Waals surface area contributed by atoms with E-state index in [1.54, 1.807) is 42.7 Å². The number of halogens is 1. The Hall–Kier alpha value is -2.70. The van der Waals surface area contributed by atoms with Crippen LogP contribution in [0.1, 0.15) is 22.0 Å². The zero-order valence-electron chi connectivity index (χ0n) is 12.6. The lowest BCUT2D eigenvalue weighted by atomic mass is 10.1. The van der Waals surface area contributed by atoms with Gasteiger partial charge >= 0.3 is 0 Å². The summed E-state index contributed by atoms with van der Waals surface area (Å²) in [6.45, 7) is 0.0663. The number of aliphatic hydroxyl groups excluding tert-OH is 1. The van der Waals surface area contributed by atoms with E-state index in [0.29, 0.717) is 21.8 Å². The van der Waals surface area contributed by atoms with Crippen molar-refractivity contribution in [2.45, 2.75) is 6.10 Å². The van der Waals surface area contributed by atoms with Gasteiger partial charge in [0.15, 0.2) is 0 Å². The van der Waals surface area contributed by atoms with Crippen molar-refractivity contribution < 1.29 is 9.90 Å². The number of rotatable bonds is 5. The summed E-state index contributed by atoms with van der Waals surface area (Å²) in [7, 11) is 0. The predicted molar refractivity (Wildman–Crippen MR) is 90.6 cm³/mol. The maximum Gasteiger partial charge on any atom is 0.255 e. The van der Waals surface area contributed by atoms with E-state index in [1.165, 1.54) is 6.20 Å². The van der Waals surface area contributed by atoms with E-state index in [1.807, 2.05) is 6.07 Å². The number of amides is 1. The van der Waals surface area contributed by atoms with Crippen molar-refractivity contribution in [1.29, 1.82) is 0 Å². The van der Waals surface area contributed by atoms with Crippen molar-refractivity contribution in [1.82, 2.24) is 20.5 Å². The Morgan fingerprint density at radius 3 is 2.92 bits per heavy atom. The Morgan fingerprint density at radius 1 is 1.29 bits per heavy atom. The molecule has 2 heterocycles. The summed E-state index contributed by atoms with van der Waals surface area (Å²) in [5, 5.41) is 20.1. The lowest BCUT2D eigenvalue weighted by Crippen LogP contribution is -2.28. The number of aliphatic hydroxyl groups is 1. The van der Waals surface area contributed by atoms with Crippen LogP contribution in [0.4, 0.5) is 0 Å². The van der Waals surface area contributed by atoms with Gasteiger partial charge in [0.2, 0.25) is 0 Å². The van der Waals surface area contributed by atoms with E-state index in [2.05, 4.69) is 20.5 Å². The second-order valence-corrected chi connectivity index (χ2v) is 5.62. The lowest BCUT2D eigenvalue weighted by Gasteiger charge is -2.12. The molecule has 0 saturated carbocycles. The quantitative estimate of drug-likeness (QED) is 0.664. The molecule has 7 heteroatoms. The maximum absolute atomic E-state index is 12.4. The van der Waals surface area contributed by atoms with Gasteiger partial charge in [0, 0.05) is 29.5 Å². The molecule has 1 unspecified atom stereocenters. The maximum atomic E-state index is 12.4. The fraction of sp³-hybridized carbons (Fsp3) is 0.118. The number of pyridine rings is 1. The largest absolute Gasteiger partial charge is 0.387 e. The minimum absolute atomic E-state index is 0.0663. The van der Waals surface area contributed by atoms with Gasteiger partial charge in [0.25, 0.3) is 5.91 Å². The second-order valence-electron chi connectivity index (χ2n) is 5.18. The molecule has 0 aliphatic carbocycles. The molecule has 0 spiro atoms. The first-order valence-electron chi connectivity index (χ1n) is 7.30. The third-order valence-corrected chi connectivity index (χ3v) is 3.76. The third-order valence-electron chi connectivity index (χ3n) is 3.52. The summed E-state index contributed by atoms with van der Waals surface area (Å²) in [4.78, 5) is 16.4. The third kappa shape index (κ3) is 3.61. The summed E-state index contributed by atoms with van der Waals surface area (Å²) in [6, 6.07) is 10.5. The molecule has 0 fully saturated rings. The number of aromatic amines is 1. The molecule has 1 atom stereocenters. The predicted octanol–water partition coefficient (Wildman–Crippen LogP) is 2.59. The van der Waals surface area contributed by atoms with Gasteiger partial charge in [-0.05, 0) is 29.8 Å². The minimum Gasteiger partial charge on any atom is -0.387 e. The highest BCUT2D eigenvalue weighted by Gasteiger charge is 2.17. The molecule has 24 heavy (non-hydrogen) atoms. The zero-order valence-corrected chi connectivity index (χ0v) is 13.4. The summed E-state index contributed by atoms with van der Waals surface area (Å²) in [5.41, 5.74) is 2.37. The number of hydrogen-bond acceptors (Lipinski definition) is 4. The molecule has 3 N–H and O–H groups in total. The first-order valence-corrected chi connectivity index (χ1v) is 7.68. The number of nitrogens with one attached hydrogen (secondary N) is 2. The van der Waals surface area contributed by atoms with Gasteiger partial charge < -0.3 is 10.4 Å². The van der Waals surface area contributed by atoms with Crippen LogP contribution in [0.5, 0.6) is 0 Å². The standard InChI is InChI=1S/C17H15ClN4O2/c18-13-5-1-3-11(7-13)15(23)10-20-17(24)14-9-21-22-16(14)12-4-2-6-19-8-12/h1-9,15,23H,10H2,(H,20,24)(H,21,22). The van der Waals surface area contributed by atoms with Crippen LogP contribution in [0.3, 0.4) is 0 Å². The smallest absolute Gasteiger partial charge is 0.255 e. The highest BCUT2D eigenvalue weighted by molar-refractivity contribution is 6.30. The van der Waals surface area contributed by atoms with Gasteiger partial charge in [-0.2, -0.15) is 5.10 Å². The molecule has 0 aliphatic heterocycles. The molecule has 2 aromatic heterocycles. The summed E-state index contributed by atoms with van der Waals surface area (Å²) < 4.78 is 0. The molecule has 0 bridgehead atoms. The molecule has 6 nitrogen and oxygen atoms in total. The van der Waals surface area contributed by atoms with Crippen molar-refractivity contribution in [3.05, 3.63) is 71.1 Å². The number of hydrogen-bond donors (Lipinski definition) is 3. The van der Waals surface area contributed by atoms with Gasteiger partial charge in [0.1, 0.15) is 0 Å². The van der Waals surface area contributed by atoms with Gasteiger partial charge in [-0.15, -0.1) is 0 Å². The van der Waals surface area contributed by atoms with Gasteiger partial charge in [-0.1, -0.05) is 23.7 Å². The van der Waals surface area contributed by atoms with E-state index in [-0.39, 0.29) is 12.5 Å². The average molecular weight is 343 g/mol. The molecular formula is C17H15ClN4O2. The van der Waals surface area contributed by atoms with Gasteiger partial charge in [0.05, 0.1) is 23.6 Å². The Balaban J connectivity index is 1.69. The Labute approximate surface area is 143 Å². The second kappa shape index (κ2) is 7.25. The highest BCUT2D eigenvalue weighted by atomic mass is 35.5. The molecule has 3 rings (SSSR count). The van der Waals surface area contributed by atoms with E-state index < -0.39 is 6.10 Å². The number of carbonyl (C=O) groups is 1. The zero-order chi connectivity index (χ0) is 16.9. The van der Waals surface area contributed by atoms with Crippen LogP contribution in [0.2, 0.25) is 5.02 Å². The number of aromatic nitrogens is 3. The summed E-state index contributed by atoms with van der Waals surface area (Å²) in [5.74, 6) is -0.330. The lowest BCUT2D eigenvalue weighted by molar-refractivity contribution is 0.0917. The summed E-state index contributed by atoms with van der Waals surface area (Å²) in [6.07, 6.45) is 3.90. The molecule has 0 aliphatic rings. The van der Waals surface area contributed by atoms with E-state index >= 15 is 0 Å². The SMILES string of the molecule is O=C(NCC(O)c1cccc(Cl)c1)c1cn[nH]c1-c1cccnc1. The number of carbonyl (C=O) groups excluding carboxylic acids is 1. The molecule has 122 valence electrons. The van der Waals surface area contributed by atoms with E-state index in [9.17, 15) is 9.90 Å². The monoisotopic (exact) mass is 342 g/mol. The molecule has 3 aromatic rings. The average Bonchev–Trinajstić information content (AvgIpc) is 3.10. The minimum atomic E-state index is -0.846. The van der Waals surface area contributed by atoms with Crippen LogP contribution in [0, 0.1) is 0 Å². The van der Waals surface area contributed by atoms with Crippen LogP contribution in [-0.4, -0.2) is 32.7 Å². The topological polar surface area (TPSA) is 90.9 Å². The fourth-order valence-electron chi connectivity index (χ4n) is 2.31. The van der Waals surface area contributed by atoms with Gasteiger partial charge in [-0.25, -0.2) is 0 Å². The summed E-state index contributed by atoms with van der Waals surface area (Å²) >= 11 is 5.90. The Kier molecular flexibility index (Phi) is 4.88. The van der Waals surface area contributed by atoms with Crippen LogP contribution in [-0.2, 0) is 0 Å². The van der Waals surface area contributed by atoms with Crippen molar-refractivity contribution in [3.8, 4) is 11.3 Å². The van der Waals surface area contributed by atoms with Crippen molar-refractivity contribution in [2.75, 3.05) is 6.54 Å². The molecule has 1 aromatic carbocycles. The molecule has 0 radical (unpaired) electrons. The molecular weight excluding hydrogens is 328 g/mol. The first-order chi connectivity index (χ1) is 11.6. The van der Waals surface area contributed by atoms with Crippen LogP contribution < -0.4 is 5.32 Å². The highest BCUT2D eigenvalue weighted by Crippen LogP contribution is 2.20. The van der Waals surface area contributed by atoms with Crippen molar-refractivity contribution in [3.63, 3.8) is 0 Å². The number of H-pyrrole nitrogens is 1. The fourth-order valence-corrected chi connectivity index (χ4v) is 2.50. The normalized spacial score (nSPS) is 11.9. The Bertz CT molecular complexity index is 835. The van der Waals surface area contributed by atoms with Crippen LogP contribution in [0.15, 0.2) is 55.0 Å². The first kappa shape index (κ1) is 16.2. The number of benzene rings is 1. The van der Waals surface area contributed by atoms with Crippen molar-refractivity contribution >= 4 is 17.5 Å². The Morgan fingerprint density at radius 2 is 2.17 bits per heavy atom. The van der Waals surface area contributed by atoms with Crippen molar-refractivity contribution in [2.24, 2.45) is 0 Å². The molecule has 1 amide bonds.